The van der Waals surface area contributed by atoms with Crippen molar-refractivity contribution in [2.24, 2.45) is 5.92 Å². The second kappa shape index (κ2) is 9.41. The Balaban J connectivity index is 1.69. The normalized spacial score (nSPS) is 14.7. The van der Waals surface area contributed by atoms with Crippen molar-refractivity contribution in [2.75, 3.05) is 12.4 Å². The van der Waals surface area contributed by atoms with Crippen LogP contribution < -0.4 is 14.8 Å². The average Bonchev–Trinajstić information content (AvgIpc) is 3.12. The number of imidazole rings is 1. The first-order chi connectivity index (χ1) is 15.0. The number of fused-ring (bicyclic) bond motifs is 1. The van der Waals surface area contributed by atoms with Crippen LogP contribution in [0.25, 0.3) is 16.9 Å². The van der Waals surface area contributed by atoms with Crippen LogP contribution in [-0.2, 0) is 4.79 Å². The Morgan fingerprint density at radius 2 is 1.97 bits per heavy atom. The van der Waals surface area contributed by atoms with Gasteiger partial charge in [0.05, 0.1) is 7.11 Å². The van der Waals surface area contributed by atoms with Crippen molar-refractivity contribution >= 4 is 17.4 Å². The largest absolute Gasteiger partial charge is 0.493 e. The number of rotatable bonds is 7. The fraction of sp³-hybridized carbons (Fsp3) is 0.440. The van der Waals surface area contributed by atoms with Gasteiger partial charge in [-0.15, -0.1) is 0 Å². The highest BCUT2D eigenvalue weighted by Gasteiger charge is 2.21. The van der Waals surface area contributed by atoms with Crippen molar-refractivity contribution in [3.63, 3.8) is 0 Å². The molecule has 1 N–H and O–H groups in total. The number of carbonyl (C=O) groups is 1. The summed E-state index contributed by atoms with van der Waals surface area (Å²) in [4.78, 5) is 17.0. The van der Waals surface area contributed by atoms with Gasteiger partial charge in [-0.25, -0.2) is 4.98 Å². The van der Waals surface area contributed by atoms with E-state index in [-0.39, 0.29) is 11.9 Å². The Morgan fingerprint density at radius 1 is 1.16 bits per heavy atom. The molecule has 0 radical (unpaired) electrons. The van der Waals surface area contributed by atoms with Crippen molar-refractivity contribution in [1.82, 2.24) is 9.38 Å². The summed E-state index contributed by atoms with van der Waals surface area (Å²) in [5, 5.41) is 3.75. The topological polar surface area (TPSA) is 64.9 Å². The van der Waals surface area contributed by atoms with E-state index >= 15 is 0 Å². The number of ether oxygens (including phenoxy) is 2. The summed E-state index contributed by atoms with van der Waals surface area (Å²) in [6.07, 6.45) is 8.58. The van der Waals surface area contributed by atoms with E-state index in [2.05, 4.69) is 9.72 Å². The first-order valence-corrected chi connectivity index (χ1v) is 11.2. The lowest BCUT2D eigenvalue weighted by atomic mass is 9.95. The quantitative estimate of drug-likeness (QED) is 0.391. The van der Waals surface area contributed by atoms with Gasteiger partial charge in [-0.2, -0.15) is 0 Å². The Morgan fingerprint density at radius 3 is 2.71 bits per heavy atom. The van der Waals surface area contributed by atoms with E-state index in [0.717, 1.165) is 22.7 Å². The number of anilines is 1. The van der Waals surface area contributed by atoms with Gasteiger partial charge in [0, 0.05) is 24.2 Å². The minimum absolute atomic E-state index is 0.240. The summed E-state index contributed by atoms with van der Waals surface area (Å²) < 4.78 is 13.2. The smallest absolute Gasteiger partial charge is 0.311 e. The third kappa shape index (κ3) is 4.84. The SMILES string of the molecule is COc1cc(-c2nc3ccccn3c2NC2CCCCC2)ccc1OC(=O)CC(C)C. The molecule has 0 spiro atoms. The van der Waals surface area contributed by atoms with E-state index in [1.54, 1.807) is 13.2 Å². The van der Waals surface area contributed by atoms with Gasteiger partial charge in [-0.3, -0.25) is 9.20 Å². The van der Waals surface area contributed by atoms with Crippen LogP contribution in [0.15, 0.2) is 42.6 Å². The monoisotopic (exact) mass is 421 g/mol. The molecule has 1 aliphatic carbocycles. The van der Waals surface area contributed by atoms with E-state index in [0.29, 0.717) is 24.0 Å². The Labute approximate surface area is 183 Å². The number of benzene rings is 1. The number of esters is 1. The Bertz CT molecular complexity index is 1050. The fourth-order valence-corrected chi connectivity index (χ4v) is 4.17. The number of nitrogens with one attached hydrogen (secondary N) is 1. The van der Waals surface area contributed by atoms with Crippen LogP contribution >= 0.6 is 0 Å². The zero-order valence-corrected chi connectivity index (χ0v) is 18.6. The second-order valence-electron chi connectivity index (χ2n) is 8.65. The number of methoxy groups -OCH3 is 1. The molecule has 4 rings (SSSR count). The molecule has 164 valence electrons. The molecule has 0 saturated heterocycles. The van der Waals surface area contributed by atoms with E-state index in [4.69, 9.17) is 14.5 Å². The van der Waals surface area contributed by atoms with E-state index < -0.39 is 0 Å². The minimum atomic E-state index is -0.256. The Kier molecular flexibility index (Phi) is 6.44. The second-order valence-corrected chi connectivity index (χ2v) is 8.65. The molecule has 1 saturated carbocycles. The maximum Gasteiger partial charge on any atom is 0.311 e. The molecular formula is C25H31N3O3. The van der Waals surface area contributed by atoms with E-state index in [1.165, 1.54) is 32.1 Å². The molecule has 0 amide bonds. The van der Waals surface area contributed by atoms with Gasteiger partial charge in [0.25, 0.3) is 0 Å². The fourth-order valence-electron chi connectivity index (χ4n) is 4.17. The zero-order chi connectivity index (χ0) is 21.8. The molecule has 6 nitrogen and oxygen atoms in total. The molecule has 1 aliphatic rings. The third-order valence-electron chi connectivity index (χ3n) is 5.71. The predicted molar refractivity (Wildman–Crippen MR) is 123 cm³/mol. The van der Waals surface area contributed by atoms with E-state index in [1.807, 2.05) is 50.4 Å². The molecule has 0 bridgehead atoms. The van der Waals surface area contributed by atoms with Gasteiger partial charge in [0.1, 0.15) is 17.2 Å². The van der Waals surface area contributed by atoms with Crippen LogP contribution in [0.3, 0.4) is 0 Å². The molecule has 1 aromatic carbocycles. The Hall–Kier alpha value is -3.02. The highest BCUT2D eigenvalue weighted by molar-refractivity contribution is 5.79. The third-order valence-corrected chi connectivity index (χ3v) is 5.71. The molecule has 6 heteroatoms. The van der Waals surface area contributed by atoms with Crippen molar-refractivity contribution in [2.45, 2.75) is 58.4 Å². The molecule has 31 heavy (non-hydrogen) atoms. The maximum atomic E-state index is 12.1. The number of hydrogen-bond acceptors (Lipinski definition) is 5. The van der Waals surface area contributed by atoms with Crippen molar-refractivity contribution < 1.29 is 14.3 Å². The van der Waals surface area contributed by atoms with Gasteiger partial charge in [-0.1, -0.05) is 39.2 Å². The first kappa shape index (κ1) is 21.2. The van der Waals surface area contributed by atoms with Crippen molar-refractivity contribution in [1.29, 1.82) is 0 Å². The predicted octanol–water partition coefficient (Wildman–Crippen LogP) is 5.71. The van der Waals surface area contributed by atoms with Gasteiger partial charge in [0.15, 0.2) is 11.5 Å². The summed E-state index contributed by atoms with van der Waals surface area (Å²) in [6.45, 7) is 3.98. The van der Waals surface area contributed by atoms with Crippen LogP contribution in [0.2, 0.25) is 0 Å². The number of carbonyl (C=O) groups excluding carboxylic acids is 1. The number of hydrogen-bond donors (Lipinski definition) is 1. The molecule has 0 atom stereocenters. The van der Waals surface area contributed by atoms with Gasteiger partial charge in [-0.05, 0) is 49.1 Å². The number of nitrogens with zero attached hydrogens (tertiary/aromatic N) is 2. The highest BCUT2D eigenvalue weighted by Crippen LogP contribution is 2.37. The summed E-state index contributed by atoms with van der Waals surface area (Å²) in [5.74, 6) is 1.93. The van der Waals surface area contributed by atoms with Gasteiger partial charge < -0.3 is 14.8 Å². The molecule has 0 unspecified atom stereocenters. The van der Waals surface area contributed by atoms with Crippen LogP contribution in [0.1, 0.15) is 52.4 Å². The molecular weight excluding hydrogens is 390 g/mol. The number of aromatic nitrogens is 2. The van der Waals surface area contributed by atoms with Crippen molar-refractivity contribution in [3.8, 4) is 22.8 Å². The van der Waals surface area contributed by atoms with Gasteiger partial charge in [0.2, 0.25) is 0 Å². The lowest BCUT2D eigenvalue weighted by Crippen LogP contribution is -2.23. The maximum absolute atomic E-state index is 12.1. The molecule has 0 aliphatic heterocycles. The van der Waals surface area contributed by atoms with Crippen LogP contribution in [0.4, 0.5) is 5.82 Å². The average molecular weight is 422 g/mol. The highest BCUT2D eigenvalue weighted by atomic mass is 16.6. The minimum Gasteiger partial charge on any atom is -0.493 e. The summed E-state index contributed by atoms with van der Waals surface area (Å²) in [6, 6.07) is 12.1. The first-order valence-electron chi connectivity index (χ1n) is 11.2. The van der Waals surface area contributed by atoms with Crippen molar-refractivity contribution in [3.05, 3.63) is 42.6 Å². The van der Waals surface area contributed by atoms with E-state index in [9.17, 15) is 4.79 Å². The summed E-state index contributed by atoms with van der Waals surface area (Å²) in [5.41, 5.74) is 2.68. The number of pyridine rings is 1. The molecule has 3 aromatic rings. The lowest BCUT2D eigenvalue weighted by molar-refractivity contribution is -0.135. The summed E-state index contributed by atoms with van der Waals surface area (Å²) >= 11 is 0. The molecule has 2 heterocycles. The summed E-state index contributed by atoms with van der Waals surface area (Å²) in [7, 11) is 1.59. The van der Waals surface area contributed by atoms with Crippen LogP contribution in [-0.4, -0.2) is 28.5 Å². The molecule has 2 aromatic heterocycles. The zero-order valence-electron chi connectivity index (χ0n) is 18.6. The molecule has 1 fully saturated rings. The van der Waals surface area contributed by atoms with Crippen LogP contribution in [0.5, 0.6) is 11.5 Å². The standard InChI is InChI=1S/C25H31N3O3/c1-17(2)15-23(29)31-20-13-12-18(16-21(20)30-3)24-25(26-19-9-5-4-6-10-19)28-14-8-7-11-22(28)27-24/h7-8,11-14,16-17,19,26H,4-6,9-10,15H2,1-3H3. The van der Waals surface area contributed by atoms with Crippen LogP contribution in [0, 0.1) is 5.92 Å². The van der Waals surface area contributed by atoms with Gasteiger partial charge >= 0.3 is 5.97 Å². The lowest BCUT2D eigenvalue weighted by Gasteiger charge is -2.24.